The van der Waals surface area contributed by atoms with Gasteiger partial charge in [0.25, 0.3) is 0 Å². The Hall–Kier alpha value is -1.57. The number of alkyl halides is 3. The fourth-order valence-corrected chi connectivity index (χ4v) is 4.54. The second kappa shape index (κ2) is 11.2. The van der Waals surface area contributed by atoms with Crippen LogP contribution in [0.1, 0.15) is 62.8 Å². The first-order chi connectivity index (χ1) is 13.8. The van der Waals surface area contributed by atoms with Crippen molar-refractivity contribution in [1.29, 1.82) is 0 Å². The van der Waals surface area contributed by atoms with Crippen LogP contribution in [0.3, 0.4) is 0 Å². The first kappa shape index (κ1) is 24.7. The van der Waals surface area contributed by atoms with Gasteiger partial charge in [-0.05, 0) is 31.0 Å². The zero-order valence-electron chi connectivity index (χ0n) is 16.4. The number of hydrogen-bond donors (Lipinski definition) is 2. The molecule has 2 saturated carbocycles. The van der Waals surface area contributed by atoms with Crippen molar-refractivity contribution in [3.05, 3.63) is 29.0 Å². The van der Waals surface area contributed by atoms with E-state index < -0.39 is 11.9 Å². The van der Waals surface area contributed by atoms with E-state index in [0.29, 0.717) is 22.0 Å². The molecule has 166 valence electrons. The zero-order chi connectivity index (χ0) is 20.9. The molecule has 2 aliphatic carbocycles. The number of thiazole rings is 1. The Morgan fingerprint density at radius 3 is 2.27 bits per heavy atom. The molecule has 0 spiro atoms. The van der Waals surface area contributed by atoms with Crippen LogP contribution < -0.4 is 5.32 Å². The molecule has 2 aliphatic rings. The summed E-state index contributed by atoms with van der Waals surface area (Å²) in [4.78, 5) is 16.2. The van der Waals surface area contributed by atoms with Crippen LogP contribution in [0.2, 0.25) is 0 Å². The van der Waals surface area contributed by atoms with Gasteiger partial charge in [-0.25, -0.2) is 4.98 Å². The van der Waals surface area contributed by atoms with E-state index in [1.807, 2.05) is 0 Å². The molecule has 30 heavy (non-hydrogen) atoms. The number of aromatic nitrogens is 1. The van der Waals surface area contributed by atoms with Gasteiger partial charge in [0.05, 0.1) is 10.2 Å². The third-order valence-electron chi connectivity index (χ3n) is 5.20. The van der Waals surface area contributed by atoms with E-state index >= 15 is 0 Å². The fourth-order valence-electron chi connectivity index (χ4n) is 3.60. The number of aliphatic hydroxyl groups is 1. The Balaban J connectivity index is 0.000000468. The van der Waals surface area contributed by atoms with Crippen molar-refractivity contribution >= 4 is 39.2 Å². The predicted octanol–water partition coefficient (Wildman–Crippen LogP) is 6.83. The second-order valence-electron chi connectivity index (χ2n) is 7.50. The summed E-state index contributed by atoms with van der Waals surface area (Å²) in [6.07, 6.45) is 7.20. The number of aliphatic hydroxyl groups excluding tert-OH is 1. The van der Waals surface area contributed by atoms with E-state index in [1.54, 1.807) is 18.2 Å². The minimum Gasteiger partial charge on any atom is -0.504 e. The number of allylic oxidation sites excluding steroid dienone is 1. The number of rotatable bonds is 3. The molecule has 1 aromatic heterocycles. The molecule has 9 heteroatoms. The number of benzene rings is 1. The monoisotopic (exact) mass is 482 g/mol. The van der Waals surface area contributed by atoms with Crippen LogP contribution in [0.4, 0.5) is 18.9 Å². The summed E-state index contributed by atoms with van der Waals surface area (Å²) in [5, 5.41) is 11.9. The molecular formula is C21H25F3FeN2O2S. The fraction of sp³-hybridized carbons (Fsp3) is 0.524. The van der Waals surface area contributed by atoms with Crippen LogP contribution in [-0.4, -0.2) is 22.2 Å². The number of anilines is 1. The molecule has 2 N–H and O–H groups in total. The smallest absolute Gasteiger partial charge is 0.448 e. The number of hydrogen-bond acceptors (Lipinski definition) is 4. The summed E-state index contributed by atoms with van der Waals surface area (Å²) in [6, 6.07) is 4.99. The molecule has 2 aromatic rings. The normalized spacial score (nSPS) is 17.4. The predicted molar refractivity (Wildman–Crippen MR) is 110 cm³/mol. The van der Waals surface area contributed by atoms with Crippen molar-refractivity contribution < 1.29 is 40.1 Å². The van der Waals surface area contributed by atoms with Crippen LogP contribution >= 0.6 is 11.3 Å². The summed E-state index contributed by atoms with van der Waals surface area (Å²) in [7, 11) is 0. The topological polar surface area (TPSA) is 62.2 Å². The van der Waals surface area contributed by atoms with Gasteiger partial charge >= 0.3 is 6.18 Å². The van der Waals surface area contributed by atoms with E-state index in [4.69, 9.17) is 5.11 Å². The minimum absolute atomic E-state index is 0. The van der Waals surface area contributed by atoms with Gasteiger partial charge in [-0.15, -0.1) is 11.3 Å². The zero-order valence-corrected chi connectivity index (χ0v) is 18.4. The van der Waals surface area contributed by atoms with E-state index in [-0.39, 0.29) is 33.9 Å². The number of nitrogens with one attached hydrogen (secondary N) is 1. The van der Waals surface area contributed by atoms with Gasteiger partial charge in [-0.2, -0.15) is 13.2 Å². The van der Waals surface area contributed by atoms with Gasteiger partial charge in [-0.3, -0.25) is 4.79 Å². The minimum atomic E-state index is -4.79. The summed E-state index contributed by atoms with van der Waals surface area (Å²) < 4.78 is 37.7. The van der Waals surface area contributed by atoms with Crippen molar-refractivity contribution in [2.45, 2.75) is 64.0 Å². The summed E-state index contributed by atoms with van der Waals surface area (Å²) in [5.41, 5.74) is 1.11. The maximum atomic E-state index is 12.4. The third-order valence-corrected chi connectivity index (χ3v) is 6.16. The van der Waals surface area contributed by atoms with Gasteiger partial charge in [0.2, 0.25) is 11.7 Å². The first-order valence-electron chi connectivity index (χ1n) is 10.0. The van der Waals surface area contributed by atoms with Crippen LogP contribution in [0.25, 0.3) is 16.3 Å². The van der Waals surface area contributed by atoms with Crippen LogP contribution in [0, 0.1) is 5.92 Å². The van der Waals surface area contributed by atoms with E-state index in [1.165, 1.54) is 32.1 Å². The second-order valence-corrected chi connectivity index (χ2v) is 8.56. The Bertz CT molecular complexity index is 865. The molecule has 1 heterocycles. The van der Waals surface area contributed by atoms with Crippen LogP contribution in [0.5, 0.6) is 0 Å². The van der Waals surface area contributed by atoms with Gasteiger partial charge in [0.1, 0.15) is 5.01 Å². The standard InChI is InChI=1S/C16H15F3N2O2S.C5H10.Fe/c17-16(18,19)13(22)8-14-21-11-6-5-10(7-12(11)24-14)20-15(23)9-3-1-2-4-9;1-2-4-5-3-1;/h5-9,22H,1-4H2,(H,20,23);1-5H2;. The Labute approximate surface area is 188 Å². The quantitative estimate of drug-likeness (QED) is 0.372. The van der Waals surface area contributed by atoms with E-state index in [2.05, 4.69) is 10.3 Å². The molecule has 0 bridgehead atoms. The largest absolute Gasteiger partial charge is 0.504 e. The number of fused-ring (bicyclic) bond motifs is 1. The van der Waals surface area contributed by atoms with Crippen molar-refractivity contribution in [2.75, 3.05) is 5.32 Å². The summed E-state index contributed by atoms with van der Waals surface area (Å²) in [6.45, 7) is 0. The molecule has 0 unspecified atom stereocenters. The number of amides is 1. The SMILES string of the molecule is C1CCCC1.O=C(Nc1ccc2nc(C=C(O)C(F)(F)F)sc2c1)C1CCCC1.[Fe]. The number of carbonyl (C=O) groups excluding carboxylic acids is 1. The Kier molecular flexibility index (Phi) is 9.19. The van der Waals surface area contributed by atoms with Crippen LogP contribution in [0.15, 0.2) is 24.0 Å². The molecule has 0 radical (unpaired) electrons. The van der Waals surface area contributed by atoms with Gasteiger partial charge in [0.15, 0.2) is 0 Å². The third kappa shape index (κ3) is 7.00. The molecule has 1 amide bonds. The average Bonchev–Trinajstić information content (AvgIpc) is 3.42. The molecule has 1 aromatic carbocycles. The molecule has 4 nitrogen and oxygen atoms in total. The summed E-state index contributed by atoms with van der Waals surface area (Å²) in [5.74, 6) is -1.67. The van der Waals surface area contributed by atoms with Gasteiger partial charge in [-0.1, -0.05) is 44.9 Å². The number of carbonyl (C=O) groups is 1. The summed E-state index contributed by atoms with van der Waals surface area (Å²) >= 11 is 1.02. The van der Waals surface area contributed by atoms with Crippen molar-refractivity contribution in [1.82, 2.24) is 4.98 Å². The molecule has 4 rings (SSSR count). The molecule has 2 fully saturated rings. The van der Waals surface area contributed by atoms with Gasteiger partial charge in [0, 0.05) is 34.7 Å². The number of halogens is 3. The number of nitrogens with zero attached hydrogens (tertiary/aromatic N) is 1. The Morgan fingerprint density at radius 1 is 1.10 bits per heavy atom. The molecule has 0 atom stereocenters. The molecular weight excluding hydrogens is 457 g/mol. The van der Waals surface area contributed by atoms with Crippen LogP contribution in [-0.2, 0) is 21.9 Å². The molecule has 0 saturated heterocycles. The van der Waals surface area contributed by atoms with Crippen molar-refractivity contribution in [2.24, 2.45) is 5.92 Å². The Morgan fingerprint density at radius 2 is 1.70 bits per heavy atom. The maximum Gasteiger partial charge on any atom is 0.448 e. The van der Waals surface area contributed by atoms with E-state index in [9.17, 15) is 18.0 Å². The van der Waals surface area contributed by atoms with Crippen molar-refractivity contribution in [3.8, 4) is 0 Å². The average molecular weight is 482 g/mol. The van der Waals surface area contributed by atoms with Gasteiger partial charge < -0.3 is 10.4 Å². The molecule has 0 aliphatic heterocycles. The first-order valence-corrected chi connectivity index (χ1v) is 10.8. The maximum absolute atomic E-state index is 12.4. The van der Waals surface area contributed by atoms with Crippen molar-refractivity contribution in [3.63, 3.8) is 0 Å². The van der Waals surface area contributed by atoms with E-state index in [0.717, 1.165) is 37.0 Å².